The summed E-state index contributed by atoms with van der Waals surface area (Å²) in [5.41, 5.74) is 7.49. The molecule has 31 heavy (non-hydrogen) atoms. The molecule has 0 spiro atoms. The Morgan fingerprint density at radius 1 is 1.10 bits per heavy atom. The van der Waals surface area contributed by atoms with Crippen LogP contribution < -0.4 is 5.32 Å². The van der Waals surface area contributed by atoms with E-state index in [1.807, 2.05) is 24.3 Å². The van der Waals surface area contributed by atoms with Crippen LogP contribution in [0.25, 0.3) is 21.8 Å². The van der Waals surface area contributed by atoms with E-state index in [9.17, 15) is 10.1 Å². The summed E-state index contributed by atoms with van der Waals surface area (Å²) in [7, 11) is 0. The standard InChI is InChI=1S/C26H19N3O2/c1-2-29-20-6-4-3-5-17(20)23-21(29)12-11-18-24(23)22(16-9-7-15(13-27)8-10-16)25-19(28-18)14-31-26(25)30/h3-12,22,28H,2,14H2,1H3. The zero-order valence-electron chi connectivity index (χ0n) is 17.0. The minimum atomic E-state index is -0.279. The largest absolute Gasteiger partial charge is 0.456 e. The molecule has 2 aliphatic heterocycles. The first-order valence-corrected chi connectivity index (χ1v) is 10.4. The maximum atomic E-state index is 12.8. The van der Waals surface area contributed by atoms with Crippen LogP contribution in [0.4, 0.5) is 5.69 Å². The number of benzene rings is 3. The predicted octanol–water partition coefficient (Wildman–Crippen LogP) is 5.05. The number of rotatable bonds is 2. The highest BCUT2D eigenvalue weighted by atomic mass is 16.5. The smallest absolute Gasteiger partial charge is 0.337 e. The zero-order valence-corrected chi connectivity index (χ0v) is 17.0. The van der Waals surface area contributed by atoms with Crippen LogP contribution in [0, 0.1) is 11.3 Å². The molecule has 150 valence electrons. The second-order valence-corrected chi connectivity index (χ2v) is 7.94. The number of hydrogen-bond acceptors (Lipinski definition) is 4. The third-order valence-electron chi connectivity index (χ3n) is 6.42. The number of carbonyl (C=O) groups excluding carboxylic acids is 1. The summed E-state index contributed by atoms with van der Waals surface area (Å²) in [6.07, 6.45) is 0. The fraction of sp³-hybridized carbons (Fsp3) is 0.154. The molecule has 0 fully saturated rings. The zero-order chi connectivity index (χ0) is 21.1. The molecule has 6 rings (SSSR count). The monoisotopic (exact) mass is 405 g/mol. The van der Waals surface area contributed by atoms with E-state index in [1.54, 1.807) is 0 Å². The number of aryl methyl sites for hydroxylation is 1. The molecule has 1 atom stereocenters. The van der Waals surface area contributed by atoms with Gasteiger partial charge in [-0.3, -0.25) is 0 Å². The molecule has 5 heteroatoms. The quantitative estimate of drug-likeness (QED) is 0.474. The SMILES string of the molecule is CCn1c2ccccc2c2c3c(ccc21)NC1=C(C(=O)OC1)C3c1ccc(C#N)cc1. The fourth-order valence-electron chi connectivity index (χ4n) is 5.12. The van der Waals surface area contributed by atoms with Gasteiger partial charge in [0.05, 0.1) is 22.9 Å². The lowest BCUT2D eigenvalue weighted by Gasteiger charge is -2.28. The van der Waals surface area contributed by atoms with Gasteiger partial charge in [0.25, 0.3) is 0 Å². The van der Waals surface area contributed by atoms with Crippen LogP contribution in [0.2, 0.25) is 0 Å². The third-order valence-corrected chi connectivity index (χ3v) is 6.42. The molecular weight excluding hydrogens is 386 g/mol. The second-order valence-electron chi connectivity index (χ2n) is 7.94. The van der Waals surface area contributed by atoms with Crippen molar-refractivity contribution in [1.82, 2.24) is 4.57 Å². The van der Waals surface area contributed by atoms with Crippen molar-refractivity contribution in [1.29, 1.82) is 5.26 Å². The summed E-state index contributed by atoms with van der Waals surface area (Å²) in [6, 6.07) is 22.4. The molecule has 0 saturated carbocycles. The van der Waals surface area contributed by atoms with Crippen LogP contribution in [0.1, 0.15) is 29.5 Å². The molecule has 0 bridgehead atoms. The maximum Gasteiger partial charge on any atom is 0.337 e. The van der Waals surface area contributed by atoms with Crippen molar-refractivity contribution in [2.24, 2.45) is 0 Å². The van der Waals surface area contributed by atoms with Gasteiger partial charge in [-0.1, -0.05) is 30.3 Å². The van der Waals surface area contributed by atoms with Gasteiger partial charge in [-0.05, 0) is 48.4 Å². The van der Waals surface area contributed by atoms with Gasteiger partial charge in [0, 0.05) is 40.0 Å². The Morgan fingerprint density at radius 2 is 1.90 bits per heavy atom. The van der Waals surface area contributed by atoms with Crippen LogP contribution in [0.5, 0.6) is 0 Å². The number of aromatic nitrogens is 1. The Morgan fingerprint density at radius 3 is 2.68 bits per heavy atom. The van der Waals surface area contributed by atoms with Crippen LogP contribution in [-0.2, 0) is 16.1 Å². The average Bonchev–Trinajstić information content (AvgIpc) is 3.35. The van der Waals surface area contributed by atoms with Crippen molar-refractivity contribution in [3.8, 4) is 6.07 Å². The normalized spacial score (nSPS) is 17.3. The molecule has 3 aromatic carbocycles. The van der Waals surface area contributed by atoms with E-state index in [-0.39, 0.29) is 18.5 Å². The number of nitriles is 1. The molecular formula is C26H19N3O2. The number of cyclic esters (lactones) is 1. The first kappa shape index (κ1) is 17.8. The van der Waals surface area contributed by atoms with Gasteiger partial charge < -0.3 is 14.6 Å². The van der Waals surface area contributed by atoms with E-state index in [0.717, 1.165) is 40.0 Å². The van der Waals surface area contributed by atoms with Crippen molar-refractivity contribution in [3.63, 3.8) is 0 Å². The Balaban J connectivity index is 1.73. The summed E-state index contributed by atoms with van der Waals surface area (Å²) in [5.74, 6) is -0.535. The van der Waals surface area contributed by atoms with Gasteiger partial charge in [0.2, 0.25) is 0 Å². The number of hydrogen-bond donors (Lipinski definition) is 1. The summed E-state index contributed by atoms with van der Waals surface area (Å²) in [4.78, 5) is 12.8. The van der Waals surface area contributed by atoms with Crippen molar-refractivity contribution in [2.45, 2.75) is 19.4 Å². The maximum absolute atomic E-state index is 12.8. The molecule has 0 radical (unpaired) electrons. The molecule has 2 aliphatic rings. The fourth-order valence-corrected chi connectivity index (χ4v) is 5.12. The third kappa shape index (κ3) is 2.39. The number of para-hydroxylation sites is 1. The van der Waals surface area contributed by atoms with E-state index in [4.69, 9.17) is 4.74 Å². The van der Waals surface area contributed by atoms with Gasteiger partial charge in [0.1, 0.15) is 6.61 Å². The predicted molar refractivity (Wildman–Crippen MR) is 120 cm³/mol. The lowest BCUT2D eigenvalue weighted by molar-refractivity contribution is -0.136. The van der Waals surface area contributed by atoms with Gasteiger partial charge in [-0.25, -0.2) is 4.79 Å². The number of esters is 1. The molecule has 5 nitrogen and oxygen atoms in total. The van der Waals surface area contributed by atoms with Gasteiger partial charge in [-0.2, -0.15) is 5.26 Å². The Bertz CT molecular complexity index is 1470. The molecule has 0 saturated heterocycles. The highest BCUT2D eigenvalue weighted by molar-refractivity contribution is 6.13. The first-order chi connectivity index (χ1) is 15.2. The highest BCUT2D eigenvalue weighted by Crippen LogP contribution is 2.49. The summed E-state index contributed by atoms with van der Waals surface area (Å²) < 4.78 is 7.74. The second kappa shape index (κ2) is 6.48. The summed E-state index contributed by atoms with van der Waals surface area (Å²) in [5, 5.41) is 15.0. The molecule has 0 amide bonds. The highest BCUT2D eigenvalue weighted by Gasteiger charge is 2.39. The van der Waals surface area contributed by atoms with E-state index in [0.29, 0.717) is 11.1 Å². The molecule has 1 N–H and O–H groups in total. The summed E-state index contributed by atoms with van der Waals surface area (Å²) in [6.45, 7) is 3.26. The van der Waals surface area contributed by atoms with E-state index < -0.39 is 0 Å². The van der Waals surface area contributed by atoms with Crippen molar-refractivity contribution >= 4 is 33.5 Å². The van der Waals surface area contributed by atoms with Crippen molar-refractivity contribution in [2.75, 3.05) is 11.9 Å². The average molecular weight is 405 g/mol. The van der Waals surface area contributed by atoms with E-state index >= 15 is 0 Å². The number of anilines is 1. The van der Waals surface area contributed by atoms with Gasteiger partial charge in [-0.15, -0.1) is 0 Å². The molecule has 4 aromatic rings. The molecule has 3 heterocycles. The number of nitrogens with one attached hydrogen (secondary N) is 1. The molecule has 1 unspecified atom stereocenters. The topological polar surface area (TPSA) is 67.1 Å². The minimum Gasteiger partial charge on any atom is -0.456 e. The Kier molecular flexibility index (Phi) is 3.72. The number of carbonyl (C=O) groups is 1. The van der Waals surface area contributed by atoms with Crippen LogP contribution in [0.15, 0.2) is 71.9 Å². The Hall–Kier alpha value is -4.04. The van der Waals surface area contributed by atoms with Crippen LogP contribution >= 0.6 is 0 Å². The van der Waals surface area contributed by atoms with E-state index in [1.165, 1.54) is 10.9 Å². The lowest BCUT2D eigenvalue weighted by Crippen LogP contribution is -2.20. The molecule has 0 aliphatic carbocycles. The number of nitrogens with zero attached hydrogens (tertiary/aromatic N) is 2. The van der Waals surface area contributed by atoms with Crippen molar-refractivity contribution < 1.29 is 9.53 Å². The number of ether oxygens (including phenoxy) is 1. The number of fused-ring (bicyclic) bond motifs is 5. The lowest BCUT2D eigenvalue weighted by atomic mass is 9.79. The minimum absolute atomic E-state index is 0.256. The van der Waals surface area contributed by atoms with Gasteiger partial charge in [0.15, 0.2) is 0 Å². The summed E-state index contributed by atoms with van der Waals surface area (Å²) >= 11 is 0. The van der Waals surface area contributed by atoms with Crippen molar-refractivity contribution in [3.05, 3.63) is 88.6 Å². The van der Waals surface area contributed by atoms with Crippen LogP contribution in [-0.4, -0.2) is 17.1 Å². The van der Waals surface area contributed by atoms with Crippen LogP contribution in [0.3, 0.4) is 0 Å². The molecule has 1 aromatic heterocycles. The Labute approximate surface area is 179 Å². The van der Waals surface area contributed by atoms with Gasteiger partial charge >= 0.3 is 5.97 Å². The first-order valence-electron chi connectivity index (χ1n) is 10.4. The van der Waals surface area contributed by atoms with E-state index in [2.05, 4.69) is 59.3 Å².